The summed E-state index contributed by atoms with van der Waals surface area (Å²) >= 11 is 0. The summed E-state index contributed by atoms with van der Waals surface area (Å²) in [6.45, 7) is 11.2. The van der Waals surface area contributed by atoms with Crippen LogP contribution < -0.4 is 9.47 Å². The van der Waals surface area contributed by atoms with Crippen LogP contribution in [0.1, 0.15) is 67.2 Å². The van der Waals surface area contributed by atoms with Crippen molar-refractivity contribution in [1.29, 1.82) is 0 Å². The van der Waals surface area contributed by atoms with Gasteiger partial charge in [-0.3, -0.25) is 9.59 Å². The number of nitrogens with zero attached hydrogens (tertiary/aromatic N) is 2. The first-order chi connectivity index (χ1) is 17.7. The lowest BCUT2D eigenvalue weighted by molar-refractivity contribution is -0.164. The summed E-state index contributed by atoms with van der Waals surface area (Å²) in [6.07, 6.45) is 2.56. The lowest BCUT2D eigenvalue weighted by Crippen LogP contribution is -2.45. The number of rotatable bonds is 8. The van der Waals surface area contributed by atoms with Gasteiger partial charge in [0.25, 0.3) is 11.8 Å². The molecule has 2 saturated heterocycles. The Morgan fingerprint density at radius 2 is 1.13 bits per heavy atom. The van der Waals surface area contributed by atoms with Crippen molar-refractivity contribution in [3.63, 3.8) is 0 Å². The zero-order valence-corrected chi connectivity index (χ0v) is 23.3. The van der Waals surface area contributed by atoms with Crippen molar-refractivity contribution in [3.8, 4) is 11.5 Å². The van der Waals surface area contributed by atoms with Gasteiger partial charge in [0.15, 0.2) is 13.2 Å². The van der Waals surface area contributed by atoms with E-state index in [4.69, 9.17) is 18.9 Å². The Bertz CT molecular complexity index is 949. The zero-order valence-electron chi connectivity index (χ0n) is 23.3. The molecule has 38 heavy (non-hydrogen) atoms. The van der Waals surface area contributed by atoms with Crippen molar-refractivity contribution >= 4 is 23.8 Å². The second-order valence-corrected chi connectivity index (χ2v) is 11.6. The Kier molecular flexibility index (Phi) is 9.27. The standard InChI is InChI=1S/C28H40N2O8/c1-27(2,3)37-25(33)21-12-8-14-29(21)23(31)17-35-19-10-7-11-20(16-19)36-18-24(32)30-15-9-13-22(30)26(34)38-28(4,5)6/h7,10-11,16,21-22H,8-9,12-15,17-18H2,1-6H3. The third-order valence-corrected chi connectivity index (χ3v) is 6.03. The molecule has 2 heterocycles. The second kappa shape index (κ2) is 12.0. The van der Waals surface area contributed by atoms with Crippen molar-refractivity contribution in [2.24, 2.45) is 0 Å². The number of likely N-dealkylation sites (tertiary alicyclic amines) is 2. The molecule has 0 radical (unpaired) electrons. The van der Waals surface area contributed by atoms with E-state index in [1.165, 1.54) is 9.80 Å². The molecular formula is C28H40N2O8. The van der Waals surface area contributed by atoms with Gasteiger partial charge in [0.1, 0.15) is 34.8 Å². The fraction of sp³-hybridized carbons (Fsp3) is 0.643. The molecule has 0 aliphatic carbocycles. The first-order valence-corrected chi connectivity index (χ1v) is 13.1. The molecule has 1 aromatic carbocycles. The van der Waals surface area contributed by atoms with E-state index in [1.54, 1.807) is 65.8 Å². The van der Waals surface area contributed by atoms with Gasteiger partial charge in [-0.25, -0.2) is 9.59 Å². The van der Waals surface area contributed by atoms with E-state index in [1.807, 2.05) is 0 Å². The van der Waals surface area contributed by atoms with Gasteiger partial charge in [0, 0.05) is 19.2 Å². The molecule has 2 aliphatic rings. The van der Waals surface area contributed by atoms with Crippen molar-refractivity contribution < 1.29 is 38.1 Å². The largest absolute Gasteiger partial charge is 0.484 e. The summed E-state index contributed by atoms with van der Waals surface area (Å²) in [7, 11) is 0. The highest BCUT2D eigenvalue weighted by Crippen LogP contribution is 2.24. The third kappa shape index (κ3) is 8.36. The summed E-state index contributed by atoms with van der Waals surface area (Å²) in [5, 5.41) is 0. The summed E-state index contributed by atoms with van der Waals surface area (Å²) in [4.78, 5) is 53.6. The van der Waals surface area contributed by atoms with E-state index < -0.39 is 35.2 Å². The van der Waals surface area contributed by atoms with Crippen LogP contribution in [0.3, 0.4) is 0 Å². The van der Waals surface area contributed by atoms with Crippen LogP contribution in [0.2, 0.25) is 0 Å². The highest BCUT2D eigenvalue weighted by molar-refractivity contribution is 5.87. The lowest BCUT2D eigenvalue weighted by Gasteiger charge is -2.27. The molecule has 0 saturated carbocycles. The first kappa shape index (κ1) is 29.3. The molecule has 2 aliphatic heterocycles. The minimum absolute atomic E-state index is 0.243. The van der Waals surface area contributed by atoms with Crippen LogP contribution in [0.15, 0.2) is 24.3 Å². The molecule has 10 nitrogen and oxygen atoms in total. The van der Waals surface area contributed by atoms with E-state index in [-0.39, 0.29) is 25.0 Å². The monoisotopic (exact) mass is 532 g/mol. The second-order valence-electron chi connectivity index (χ2n) is 11.6. The number of carbonyl (C=O) groups excluding carboxylic acids is 4. The van der Waals surface area contributed by atoms with Gasteiger partial charge < -0.3 is 28.7 Å². The molecule has 210 valence electrons. The molecular weight excluding hydrogens is 492 g/mol. The van der Waals surface area contributed by atoms with Crippen LogP contribution in [0.4, 0.5) is 0 Å². The van der Waals surface area contributed by atoms with Gasteiger partial charge >= 0.3 is 11.9 Å². The van der Waals surface area contributed by atoms with Gasteiger partial charge in [0.05, 0.1) is 0 Å². The zero-order chi connectivity index (χ0) is 28.1. The Labute approximate surface area is 224 Å². The number of benzene rings is 1. The van der Waals surface area contributed by atoms with Crippen molar-refractivity contribution in [2.45, 2.75) is 90.5 Å². The van der Waals surface area contributed by atoms with Crippen molar-refractivity contribution in [2.75, 3.05) is 26.3 Å². The molecule has 10 heteroatoms. The quantitative estimate of drug-likeness (QED) is 0.470. The molecule has 0 N–H and O–H groups in total. The molecule has 2 atom stereocenters. The number of hydrogen-bond acceptors (Lipinski definition) is 8. The van der Waals surface area contributed by atoms with Crippen LogP contribution >= 0.6 is 0 Å². The molecule has 2 fully saturated rings. The maximum Gasteiger partial charge on any atom is 0.329 e. The number of esters is 2. The predicted octanol–water partition coefficient (Wildman–Crippen LogP) is 3.11. The lowest BCUT2D eigenvalue weighted by atomic mass is 10.1. The molecule has 1 aromatic rings. The van der Waals surface area contributed by atoms with Crippen LogP contribution in [0.5, 0.6) is 11.5 Å². The number of ether oxygens (including phenoxy) is 4. The summed E-state index contributed by atoms with van der Waals surface area (Å²) in [5.74, 6) is -0.636. The third-order valence-electron chi connectivity index (χ3n) is 6.03. The fourth-order valence-electron chi connectivity index (χ4n) is 4.47. The Morgan fingerprint density at radius 3 is 1.50 bits per heavy atom. The minimum Gasteiger partial charge on any atom is -0.484 e. The molecule has 0 spiro atoms. The number of hydrogen-bond donors (Lipinski definition) is 0. The van der Waals surface area contributed by atoms with E-state index in [2.05, 4.69) is 0 Å². The first-order valence-electron chi connectivity index (χ1n) is 13.1. The number of amides is 2. The number of carbonyl (C=O) groups is 4. The average Bonchev–Trinajstić information content (AvgIpc) is 3.49. The van der Waals surface area contributed by atoms with Crippen molar-refractivity contribution in [1.82, 2.24) is 9.80 Å². The summed E-state index contributed by atoms with van der Waals surface area (Å²) in [5.41, 5.74) is -1.25. The van der Waals surface area contributed by atoms with Gasteiger partial charge in [-0.2, -0.15) is 0 Å². The SMILES string of the molecule is CC(C)(C)OC(=O)C1CCCN1C(=O)COc1cccc(OCC(=O)N2CCCC2C(=O)OC(C)(C)C)c1. The van der Waals surface area contributed by atoms with E-state index >= 15 is 0 Å². The highest BCUT2D eigenvalue weighted by atomic mass is 16.6. The highest BCUT2D eigenvalue weighted by Gasteiger charge is 2.38. The molecule has 2 unspecified atom stereocenters. The Hall–Kier alpha value is -3.30. The van der Waals surface area contributed by atoms with Crippen LogP contribution in [0.25, 0.3) is 0 Å². The maximum absolute atomic E-state index is 12.8. The van der Waals surface area contributed by atoms with Gasteiger partial charge in [-0.15, -0.1) is 0 Å². The minimum atomic E-state index is -0.627. The van der Waals surface area contributed by atoms with Crippen LogP contribution in [-0.4, -0.2) is 83.1 Å². The van der Waals surface area contributed by atoms with E-state index in [0.29, 0.717) is 37.4 Å². The Morgan fingerprint density at radius 1 is 0.737 bits per heavy atom. The average molecular weight is 533 g/mol. The normalized spacial score (nSPS) is 19.7. The van der Waals surface area contributed by atoms with E-state index in [9.17, 15) is 19.2 Å². The summed E-state index contributed by atoms with van der Waals surface area (Å²) in [6, 6.07) is 5.41. The molecule has 0 bridgehead atoms. The van der Waals surface area contributed by atoms with Crippen molar-refractivity contribution in [3.05, 3.63) is 24.3 Å². The smallest absolute Gasteiger partial charge is 0.329 e. The van der Waals surface area contributed by atoms with Crippen LogP contribution in [-0.2, 0) is 28.7 Å². The Balaban J connectivity index is 1.51. The molecule has 3 rings (SSSR count). The van der Waals surface area contributed by atoms with Gasteiger partial charge in [-0.1, -0.05) is 6.07 Å². The summed E-state index contributed by atoms with van der Waals surface area (Å²) < 4.78 is 22.3. The fourth-order valence-corrected chi connectivity index (χ4v) is 4.47. The molecule has 2 amide bonds. The van der Waals surface area contributed by atoms with Gasteiger partial charge in [-0.05, 0) is 79.4 Å². The predicted molar refractivity (Wildman–Crippen MR) is 139 cm³/mol. The topological polar surface area (TPSA) is 112 Å². The van der Waals surface area contributed by atoms with Crippen LogP contribution in [0, 0.1) is 0 Å². The van der Waals surface area contributed by atoms with Gasteiger partial charge in [0.2, 0.25) is 0 Å². The maximum atomic E-state index is 12.8. The van der Waals surface area contributed by atoms with E-state index in [0.717, 1.165) is 12.8 Å². The molecule has 0 aromatic heterocycles.